The molecule has 7 heteroatoms. The molecule has 0 aliphatic carbocycles. The van der Waals surface area contributed by atoms with Gasteiger partial charge in [0, 0.05) is 25.4 Å². The van der Waals surface area contributed by atoms with Crippen molar-refractivity contribution in [2.24, 2.45) is 0 Å². The highest BCUT2D eigenvalue weighted by atomic mass is 35.5. The summed E-state index contributed by atoms with van der Waals surface area (Å²) in [6.45, 7) is 5.77. The van der Waals surface area contributed by atoms with E-state index in [1.807, 2.05) is 11.7 Å². The smallest absolute Gasteiger partial charge is 0.221 e. The number of hydrogen-bond donors (Lipinski definition) is 2. The van der Waals surface area contributed by atoms with Gasteiger partial charge in [0.1, 0.15) is 5.82 Å². The SMILES string of the molecule is CNCCC(=O)NC1CCCn2nc(C(C)C)nc21.Cl. The van der Waals surface area contributed by atoms with Gasteiger partial charge in [0.15, 0.2) is 5.82 Å². The van der Waals surface area contributed by atoms with Crippen molar-refractivity contribution in [3.05, 3.63) is 11.6 Å². The van der Waals surface area contributed by atoms with Gasteiger partial charge in [0.2, 0.25) is 5.91 Å². The van der Waals surface area contributed by atoms with Crippen LogP contribution >= 0.6 is 12.4 Å². The Hall–Kier alpha value is -1.14. The second kappa shape index (κ2) is 7.59. The predicted octanol–water partition coefficient (Wildman–Crippen LogP) is 1.38. The molecule has 114 valence electrons. The third-order valence-corrected chi connectivity index (χ3v) is 3.34. The van der Waals surface area contributed by atoms with E-state index in [2.05, 4.69) is 34.6 Å². The van der Waals surface area contributed by atoms with Crippen LogP contribution in [0.4, 0.5) is 0 Å². The Morgan fingerprint density at radius 2 is 2.25 bits per heavy atom. The van der Waals surface area contributed by atoms with Gasteiger partial charge in [-0.15, -0.1) is 12.4 Å². The lowest BCUT2D eigenvalue weighted by molar-refractivity contribution is -0.121. The third-order valence-electron chi connectivity index (χ3n) is 3.34. The molecule has 1 amide bonds. The standard InChI is InChI=1S/C13H23N5O.ClH/c1-9(2)12-16-13-10(5-4-8-18(13)17-12)15-11(19)6-7-14-3;/h9-10,14H,4-8H2,1-3H3,(H,15,19);1H. The Morgan fingerprint density at radius 1 is 1.50 bits per heavy atom. The molecule has 20 heavy (non-hydrogen) atoms. The fraction of sp³-hybridized carbons (Fsp3) is 0.769. The topological polar surface area (TPSA) is 71.8 Å². The van der Waals surface area contributed by atoms with Crippen molar-refractivity contribution in [2.45, 2.75) is 51.6 Å². The van der Waals surface area contributed by atoms with Crippen LogP contribution in [0.2, 0.25) is 0 Å². The van der Waals surface area contributed by atoms with Crippen molar-refractivity contribution < 1.29 is 4.79 Å². The molecular formula is C13H24ClN5O. The van der Waals surface area contributed by atoms with Gasteiger partial charge in [-0.25, -0.2) is 9.67 Å². The highest BCUT2D eigenvalue weighted by Crippen LogP contribution is 2.24. The number of hydrogen-bond acceptors (Lipinski definition) is 4. The normalized spacial score (nSPS) is 17.5. The summed E-state index contributed by atoms with van der Waals surface area (Å²) in [5.41, 5.74) is 0. The summed E-state index contributed by atoms with van der Waals surface area (Å²) in [4.78, 5) is 16.4. The van der Waals surface area contributed by atoms with Crippen LogP contribution in [0.5, 0.6) is 0 Å². The zero-order valence-corrected chi connectivity index (χ0v) is 13.2. The molecule has 6 nitrogen and oxygen atoms in total. The number of nitrogens with one attached hydrogen (secondary N) is 2. The maximum Gasteiger partial charge on any atom is 0.221 e. The largest absolute Gasteiger partial charge is 0.346 e. The van der Waals surface area contributed by atoms with E-state index in [1.54, 1.807) is 0 Å². The Morgan fingerprint density at radius 3 is 2.90 bits per heavy atom. The van der Waals surface area contributed by atoms with Gasteiger partial charge < -0.3 is 10.6 Å². The molecule has 1 aliphatic heterocycles. The van der Waals surface area contributed by atoms with Crippen LogP contribution in [0.1, 0.15) is 56.7 Å². The quantitative estimate of drug-likeness (QED) is 0.862. The van der Waals surface area contributed by atoms with Crippen molar-refractivity contribution in [3.8, 4) is 0 Å². The van der Waals surface area contributed by atoms with E-state index < -0.39 is 0 Å². The maximum absolute atomic E-state index is 11.8. The molecule has 0 spiro atoms. The first kappa shape index (κ1) is 16.9. The first-order valence-corrected chi connectivity index (χ1v) is 7.00. The second-order valence-corrected chi connectivity index (χ2v) is 5.32. The molecule has 0 radical (unpaired) electrons. The number of carbonyl (C=O) groups is 1. The lowest BCUT2D eigenvalue weighted by Gasteiger charge is -2.23. The Kier molecular flexibility index (Phi) is 6.42. The number of fused-ring (bicyclic) bond motifs is 1. The summed E-state index contributed by atoms with van der Waals surface area (Å²) in [5, 5.41) is 10.6. The fourth-order valence-electron chi connectivity index (χ4n) is 2.26. The van der Waals surface area contributed by atoms with E-state index in [0.29, 0.717) is 18.9 Å². The van der Waals surface area contributed by atoms with E-state index in [4.69, 9.17) is 0 Å². The number of aryl methyl sites for hydroxylation is 1. The number of carbonyl (C=O) groups excluding carboxylic acids is 1. The van der Waals surface area contributed by atoms with Crippen LogP contribution in [0.25, 0.3) is 0 Å². The van der Waals surface area contributed by atoms with E-state index in [1.165, 1.54) is 0 Å². The summed E-state index contributed by atoms with van der Waals surface area (Å²) in [5.74, 6) is 2.17. The summed E-state index contributed by atoms with van der Waals surface area (Å²) in [6.07, 6.45) is 2.48. The van der Waals surface area contributed by atoms with Gasteiger partial charge in [-0.05, 0) is 19.9 Å². The molecule has 2 heterocycles. The summed E-state index contributed by atoms with van der Waals surface area (Å²) >= 11 is 0. The molecule has 2 rings (SSSR count). The molecular weight excluding hydrogens is 278 g/mol. The average Bonchev–Trinajstić information content (AvgIpc) is 2.81. The van der Waals surface area contributed by atoms with Crippen molar-refractivity contribution in [1.29, 1.82) is 0 Å². The zero-order chi connectivity index (χ0) is 13.8. The van der Waals surface area contributed by atoms with Gasteiger partial charge in [0.25, 0.3) is 0 Å². The minimum absolute atomic E-state index is 0. The predicted molar refractivity (Wildman–Crippen MR) is 80.0 cm³/mol. The van der Waals surface area contributed by atoms with Crippen molar-refractivity contribution in [2.75, 3.05) is 13.6 Å². The molecule has 2 N–H and O–H groups in total. The number of rotatable bonds is 5. The van der Waals surface area contributed by atoms with Crippen molar-refractivity contribution in [3.63, 3.8) is 0 Å². The molecule has 0 aromatic carbocycles. The maximum atomic E-state index is 11.8. The Balaban J connectivity index is 0.00000200. The summed E-state index contributed by atoms with van der Waals surface area (Å²) in [6, 6.07) is 0.0121. The van der Waals surface area contributed by atoms with E-state index in [-0.39, 0.29) is 24.4 Å². The first-order chi connectivity index (χ1) is 9.11. The minimum atomic E-state index is 0. The molecule has 0 saturated heterocycles. The fourth-order valence-corrected chi connectivity index (χ4v) is 2.26. The van der Waals surface area contributed by atoms with Crippen molar-refractivity contribution >= 4 is 18.3 Å². The van der Waals surface area contributed by atoms with Gasteiger partial charge in [-0.3, -0.25) is 4.79 Å². The Bertz CT molecular complexity index is 446. The molecule has 1 aromatic rings. The first-order valence-electron chi connectivity index (χ1n) is 7.00. The van der Waals surface area contributed by atoms with E-state index in [9.17, 15) is 4.79 Å². The lowest BCUT2D eigenvalue weighted by Crippen LogP contribution is -2.34. The van der Waals surface area contributed by atoms with Gasteiger partial charge in [0.05, 0.1) is 6.04 Å². The molecule has 1 aromatic heterocycles. The Labute approximate surface area is 126 Å². The van der Waals surface area contributed by atoms with Crippen LogP contribution < -0.4 is 10.6 Å². The second-order valence-electron chi connectivity index (χ2n) is 5.32. The summed E-state index contributed by atoms with van der Waals surface area (Å²) in [7, 11) is 1.85. The van der Waals surface area contributed by atoms with Gasteiger partial charge >= 0.3 is 0 Å². The minimum Gasteiger partial charge on any atom is -0.346 e. The third kappa shape index (κ3) is 3.93. The molecule has 0 fully saturated rings. The van der Waals surface area contributed by atoms with Crippen LogP contribution in [0.15, 0.2) is 0 Å². The van der Waals surface area contributed by atoms with E-state index in [0.717, 1.165) is 31.0 Å². The van der Waals surface area contributed by atoms with Crippen LogP contribution in [0.3, 0.4) is 0 Å². The van der Waals surface area contributed by atoms with Gasteiger partial charge in [-0.2, -0.15) is 5.10 Å². The van der Waals surface area contributed by atoms with E-state index >= 15 is 0 Å². The molecule has 1 aliphatic rings. The van der Waals surface area contributed by atoms with Crippen LogP contribution in [-0.2, 0) is 11.3 Å². The molecule has 0 bridgehead atoms. The number of nitrogens with zero attached hydrogens (tertiary/aromatic N) is 3. The highest BCUT2D eigenvalue weighted by molar-refractivity contribution is 5.85. The van der Waals surface area contributed by atoms with Crippen LogP contribution in [0, 0.1) is 0 Å². The van der Waals surface area contributed by atoms with Crippen LogP contribution in [-0.4, -0.2) is 34.3 Å². The molecule has 1 atom stereocenters. The lowest BCUT2D eigenvalue weighted by atomic mass is 10.1. The molecule has 1 unspecified atom stereocenters. The number of halogens is 1. The molecule has 0 saturated carbocycles. The number of aromatic nitrogens is 3. The number of amides is 1. The highest BCUT2D eigenvalue weighted by Gasteiger charge is 2.26. The summed E-state index contributed by atoms with van der Waals surface area (Å²) < 4.78 is 1.95. The monoisotopic (exact) mass is 301 g/mol. The average molecular weight is 302 g/mol. The van der Waals surface area contributed by atoms with Crippen molar-refractivity contribution in [1.82, 2.24) is 25.4 Å². The zero-order valence-electron chi connectivity index (χ0n) is 12.3. The van der Waals surface area contributed by atoms with Gasteiger partial charge in [-0.1, -0.05) is 13.8 Å².